The third kappa shape index (κ3) is 1.76. The first-order valence-electron chi connectivity index (χ1n) is 3.43. The van der Waals surface area contributed by atoms with Crippen molar-refractivity contribution in [3.8, 4) is 11.5 Å². The second-order valence-electron chi connectivity index (χ2n) is 2.28. The Morgan fingerprint density at radius 3 is 2.08 bits per heavy atom. The Balaban J connectivity index is 3.41. The maximum absolute atomic E-state index is 7.54. The summed E-state index contributed by atoms with van der Waals surface area (Å²) in [5, 5.41) is 0.572. The second-order valence-corrected chi connectivity index (χ2v) is 3.10. The lowest BCUT2D eigenvalue weighted by Crippen LogP contribution is -1.91. The van der Waals surface area contributed by atoms with E-state index in [-0.39, 0.29) is 16.5 Å². The minimum atomic E-state index is 0.0745. The van der Waals surface area contributed by atoms with E-state index in [0.29, 0.717) is 10.8 Å². The van der Waals surface area contributed by atoms with Crippen molar-refractivity contribution >= 4 is 28.9 Å². The molecule has 0 atom stereocenters. The zero-order chi connectivity index (χ0) is 10.0. The van der Waals surface area contributed by atoms with Gasteiger partial charge < -0.3 is 15.2 Å². The van der Waals surface area contributed by atoms with Gasteiger partial charge in [0, 0.05) is 5.02 Å². The monoisotopic (exact) mass is 220 g/mol. The number of rotatable bonds is 2. The number of benzene rings is 1. The van der Waals surface area contributed by atoms with E-state index in [4.69, 9.17) is 38.4 Å². The number of hydrogen-bond acceptors (Lipinski definition) is 2. The lowest BCUT2D eigenvalue weighted by Gasteiger charge is -2.17. The molecule has 0 radical (unpaired) electrons. The number of nitrogens with one attached hydrogen (secondary N) is 1. The predicted molar refractivity (Wildman–Crippen MR) is 53.5 cm³/mol. The van der Waals surface area contributed by atoms with Crippen molar-refractivity contribution in [3.05, 3.63) is 21.8 Å². The van der Waals surface area contributed by atoms with Gasteiger partial charge in [-0.1, -0.05) is 28.9 Å². The first kappa shape index (κ1) is 10.3. The molecule has 0 bridgehead atoms. The van der Waals surface area contributed by atoms with Crippen LogP contribution in [0.4, 0.5) is 5.69 Å². The van der Waals surface area contributed by atoms with Crippen LogP contribution < -0.4 is 9.47 Å². The highest BCUT2D eigenvalue weighted by Crippen LogP contribution is 2.46. The molecule has 0 heterocycles. The molecular weight excluding hydrogens is 213 g/mol. The molecule has 1 aromatic carbocycles. The van der Waals surface area contributed by atoms with E-state index >= 15 is 0 Å². The molecule has 0 saturated heterocycles. The minimum absolute atomic E-state index is 0.0745. The summed E-state index contributed by atoms with van der Waals surface area (Å²) in [5.74, 6) is 0.582. The van der Waals surface area contributed by atoms with Crippen LogP contribution in [-0.2, 0) is 0 Å². The molecule has 0 fully saturated rings. The van der Waals surface area contributed by atoms with Crippen molar-refractivity contribution in [2.24, 2.45) is 0 Å². The number of ether oxygens (including phenoxy) is 2. The average molecular weight is 221 g/mol. The van der Waals surface area contributed by atoms with Gasteiger partial charge in [-0.25, -0.2) is 0 Å². The molecule has 5 heteroatoms. The Hall–Kier alpha value is -0.800. The van der Waals surface area contributed by atoms with Gasteiger partial charge in [0.1, 0.15) is 5.75 Å². The molecule has 0 aliphatic rings. The van der Waals surface area contributed by atoms with Crippen LogP contribution in [0.3, 0.4) is 0 Å². The zero-order valence-electron chi connectivity index (χ0n) is 7.15. The van der Waals surface area contributed by atoms with Gasteiger partial charge in [-0.15, -0.1) is 0 Å². The van der Waals surface area contributed by atoms with Crippen LogP contribution >= 0.6 is 23.2 Å². The Morgan fingerprint density at radius 1 is 1.08 bits per heavy atom. The summed E-state index contributed by atoms with van der Waals surface area (Å²) in [4.78, 5) is 0. The Morgan fingerprint density at radius 2 is 1.62 bits per heavy atom. The van der Waals surface area contributed by atoms with Crippen LogP contribution in [0, 0.1) is 0 Å². The molecule has 13 heavy (non-hydrogen) atoms. The van der Waals surface area contributed by atoms with E-state index in [1.807, 2.05) is 0 Å². The van der Waals surface area contributed by atoms with Gasteiger partial charge in [-0.05, 0) is 6.07 Å². The molecule has 1 aromatic rings. The number of halogens is 2. The quantitative estimate of drug-likeness (QED) is 0.763. The smallest absolute Gasteiger partial charge is 0.178 e. The standard InChI is InChI=1S/C8H8Cl2NO2/c1-12-7-5(10)3-4(9)6(11)8(7)13-2/h3,11H,1-2H3/q-1. The molecule has 0 aliphatic carbocycles. The van der Waals surface area contributed by atoms with Gasteiger partial charge in [0.15, 0.2) is 5.75 Å². The van der Waals surface area contributed by atoms with Crippen LogP contribution in [-0.4, -0.2) is 14.2 Å². The normalized spacial score (nSPS) is 9.85. The molecule has 1 N–H and O–H groups in total. The third-order valence-electron chi connectivity index (χ3n) is 1.55. The van der Waals surface area contributed by atoms with Gasteiger partial charge in [0.25, 0.3) is 0 Å². The van der Waals surface area contributed by atoms with Crippen LogP contribution in [0.15, 0.2) is 6.07 Å². The third-order valence-corrected chi connectivity index (χ3v) is 2.13. The number of hydrogen-bond donors (Lipinski definition) is 0. The fourth-order valence-corrected chi connectivity index (χ4v) is 1.49. The highest BCUT2D eigenvalue weighted by molar-refractivity contribution is 6.37. The Labute approximate surface area is 86.3 Å². The van der Waals surface area contributed by atoms with E-state index in [1.54, 1.807) is 0 Å². The summed E-state index contributed by atoms with van der Waals surface area (Å²) >= 11 is 11.5. The highest BCUT2D eigenvalue weighted by atomic mass is 35.5. The van der Waals surface area contributed by atoms with E-state index in [0.717, 1.165) is 0 Å². The molecule has 3 nitrogen and oxygen atoms in total. The van der Waals surface area contributed by atoms with Gasteiger partial charge in [0.05, 0.1) is 19.2 Å². The average Bonchev–Trinajstić information content (AvgIpc) is 2.10. The molecule has 0 amide bonds. The maximum atomic E-state index is 7.54. The summed E-state index contributed by atoms with van der Waals surface area (Å²) in [5.41, 5.74) is 7.62. The van der Waals surface area contributed by atoms with Crippen molar-refractivity contribution in [1.29, 1.82) is 0 Å². The molecule has 0 unspecified atom stereocenters. The molecule has 0 aromatic heterocycles. The fraction of sp³-hybridized carbons (Fsp3) is 0.250. The van der Waals surface area contributed by atoms with Crippen molar-refractivity contribution in [2.75, 3.05) is 14.2 Å². The Kier molecular flexibility index (Phi) is 3.12. The van der Waals surface area contributed by atoms with Crippen LogP contribution in [0.1, 0.15) is 0 Å². The molecule has 1 rings (SSSR count). The summed E-state index contributed by atoms with van der Waals surface area (Å²) in [7, 11) is 2.89. The molecule has 72 valence electrons. The maximum Gasteiger partial charge on any atom is 0.178 e. The topological polar surface area (TPSA) is 42.3 Å². The molecular formula is C8H8Cl2NO2-. The van der Waals surface area contributed by atoms with Crippen molar-refractivity contribution in [2.45, 2.75) is 0 Å². The molecule has 0 spiro atoms. The largest absolute Gasteiger partial charge is 0.694 e. The van der Waals surface area contributed by atoms with Crippen LogP contribution in [0.5, 0.6) is 11.5 Å². The number of methoxy groups -OCH3 is 2. The van der Waals surface area contributed by atoms with E-state index in [9.17, 15) is 0 Å². The van der Waals surface area contributed by atoms with E-state index < -0.39 is 0 Å². The summed E-state index contributed by atoms with van der Waals surface area (Å²) < 4.78 is 9.91. The molecule has 0 aliphatic heterocycles. The first-order valence-corrected chi connectivity index (χ1v) is 4.19. The van der Waals surface area contributed by atoms with Crippen molar-refractivity contribution in [3.63, 3.8) is 0 Å². The fourth-order valence-electron chi connectivity index (χ4n) is 0.964. The van der Waals surface area contributed by atoms with Gasteiger partial charge in [0.2, 0.25) is 0 Å². The predicted octanol–water partition coefficient (Wildman–Crippen LogP) is 3.69. The second kappa shape index (κ2) is 3.94. The highest BCUT2D eigenvalue weighted by Gasteiger charge is 2.11. The lowest BCUT2D eigenvalue weighted by molar-refractivity contribution is 0.357. The Bertz CT molecular complexity index is 328. The lowest BCUT2D eigenvalue weighted by atomic mass is 10.2. The van der Waals surface area contributed by atoms with E-state index in [2.05, 4.69) is 0 Å². The van der Waals surface area contributed by atoms with Crippen molar-refractivity contribution in [1.82, 2.24) is 0 Å². The molecule has 0 saturated carbocycles. The van der Waals surface area contributed by atoms with Crippen LogP contribution in [0.2, 0.25) is 10.0 Å². The first-order chi connectivity index (χ1) is 6.11. The SMILES string of the molecule is COc1c(Cl)cc(Cl)c([NH-])c1OC. The van der Waals surface area contributed by atoms with Gasteiger partial charge >= 0.3 is 0 Å². The van der Waals surface area contributed by atoms with Gasteiger partial charge in [-0.3, -0.25) is 0 Å². The zero-order valence-corrected chi connectivity index (χ0v) is 8.66. The summed E-state index contributed by atoms with van der Waals surface area (Å²) in [6.07, 6.45) is 0. The van der Waals surface area contributed by atoms with E-state index in [1.165, 1.54) is 20.3 Å². The summed E-state index contributed by atoms with van der Waals surface area (Å²) in [6.45, 7) is 0. The minimum Gasteiger partial charge on any atom is -0.694 e. The van der Waals surface area contributed by atoms with Crippen LogP contribution in [0.25, 0.3) is 5.73 Å². The van der Waals surface area contributed by atoms with Crippen molar-refractivity contribution < 1.29 is 9.47 Å². The van der Waals surface area contributed by atoms with Gasteiger partial charge in [-0.2, -0.15) is 0 Å². The summed E-state index contributed by atoms with van der Waals surface area (Å²) in [6, 6.07) is 1.45.